The van der Waals surface area contributed by atoms with Crippen molar-refractivity contribution in [1.29, 1.82) is 0 Å². The monoisotopic (exact) mass is 469 g/mol. The van der Waals surface area contributed by atoms with Gasteiger partial charge in [-0.15, -0.1) is 0 Å². The fourth-order valence-electron chi connectivity index (χ4n) is 6.53. The SMILES string of the molecule is Cc1cccc(C)c1C(=O)N1CCC(N2CCC3(CC2)OC(=O)N(CC2CCCO2)C3C)CC1. The van der Waals surface area contributed by atoms with Crippen molar-refractivity contribution in [3.8, 4) is 0 Å². The molecule has 0 aliphatic carbocycles. The lowest BCUT2D eigenvalue weighted by atomic mass is 9.83. The summed E-state index contributed by atoms with van der Waals surface area (Å²) in [5.74, 6) is 0.171. The van der Waals surface area contributed by atoms with Crippen LogP contribution in [0.1, 0.15) is 66.9 Å². The average molecular weight is 470 g/mol. The molecule has 2 atom stereocenters. The molecule has 186 valence electrons. The van der Waals surface area contributed by atoms with Crippen LogP contribution < -0.4 is 0 Å². The lowest BCUT2D eigenvalue weighted by Gasteiger charge is -2.45. The lowest BCUT2D eigenvalue weighted by Crippen LogP contribution is -2.55. The molecule has 4 aliphatic rings. The molecule has 0 saturated carbocycles. The van der Waals surface area contributed by atoms with E-state index < -0.39 is 0 Å². The van der Waals surface area contributed by atoms with Crippen molar-refractivity contribution in [2.45, 2.75) is 83.1 Å². The van der Waals surface area contributed by atoms with E-state index in [9.17, 15) is 9.59 Å². The van der Waals surface area contributed by atoms with E-state index in [1.54, 1.807) is 0 Å². The van der Waals surface area contributed by atoms with Gasteiger partial charge in [0.1, 0.15) is 5.60 Å². The summed E-state index contributed by atoms with van der Waals surface area (Å²) in [7, 11) is 0. The van der Waals surface area contributed by atoms with Crippen LogP contribution >= 0.6 is 0 Å². The van der Waals surface area contributed by atoms with Crippen LogP contribution in [0.5, 0.6) is 0 Å². The zero-order valence-corrected chi connectivity index (χ0v) is 20.9. The molecule has 1 spiro atoms. The Bertz CT molecular complexity index is 892. The Morgan fingerprint density at radius 2 is 1.74 bits per heavy atom. The molecular formula is C27H39N3O4. The molecule has 7 nitrogen and oxygen atoms in total. The van der Waals surface area contributed by atoms with Crippen molar-refractivity contribution < 1.29 is 19.1 Å². The number of carbonyl (C=O) groups is 2. The standard InChI is InChI=1S/C27H39N3O4/c1-19-6-4-7-20(2)24(19)25(31)29-13-9-22(10-14-29)28-15-11-27(12-16-28)21(3)30(26(32)34-27)18-23-8-5-17-33-23/h4,6-7,21-23H,5,8-18H2,1-3H3. The first-order valence-electron chi connectivity index (χ1n) is 13.1. The van der Waals surface area contributed by atoms with Gasteiger partial charge in [0, 0.05) is 57.2 Å². The maximum atomic E-state index is 13.2. The molecule has 4 fully saturated rings. The summed E-state index contributed by atoms with van der Waals surface area (Å²) in [5.41, 5.74) is 2.61. The largest absolute Gasteiger partial charge is 0.440 e. The van der Waals surface area contributed by atoms with Crippen LogP contribution in [0, 0.1) is 13.8 Å². The minimum atomic E-state index is -0.370. The Balaban J connectivity index is 1.14. The molecule has 1 aromatic rings. The third kappa shape index (κ3) is 4.33. The van der Waals surface area contributed by atoms with Crippen LogP contribution in [0.25, 0.3) is 0 Å². The molecule has 34 heavy (non-hydrogen) atoms. The molecule has 2 unspecified atom stereocenters. The second kappa shape index (κ2) is 9.50. The van der Waals surface area contributed by atoms with Gasteiger partial charge in [-0.3, -0.25) is 14.6 Å². The highest BCUT2D eigenvalue weighted by Gasteiger charge is 2.53. The number of carbonyl (C=O) groups excluding carboxylic acids is 2. The normalized spacial score (nSPS) is 28.0. The number of hydrogen-bond acceptors (Lipinski definition) is 5. The number of aryl methyl sites for hydroxylation is 2. The zero-order valence-electron chi connectivity index (χ0n) is 20.9. The molecule has 5 rings (SSSR count). The van der Waals surface area contributed by atoms with Crippen LogP contribution in [0.2, 0.25) is 0 Å². The molecule has 7 heteroatoms. The lowest BCUT2D eigenvalue weighted by molar-refractivity contribution is -0.0340. The van der Waals surface area contributed by atoms with E-state index in [2.05, 4.69) is 11.8 Å². The number of piperidine rings is 2. The third-order valence-electron chi connectivity index (χ3n) is 8.79. The minimum Gasteiger partial charge on any atom is -0.440 e. The topological polar surface area (TPSA) is 62.3 Å². The number of nitrogens with zero attached hydrogens (tertiary/aromatic N) is 3. The van der Waals surface area contributed by atoms with Crippen LogP contribution in [-0.2, 0) is 9.47 Å². The van der Waals surface area contributed by atoms with E-state index in [1.807, 2.05) is 41.8 Å². The van der Waals surface area contributed by atoms with Gasteiger partial charge in [0.25, 0.3) is 5.91 Å². The van der Waals surface area contributed by atoms with Crippen molar-refractivity contribution in [2.24, 2.45) is 0 Å². The molecule has 1 aromatic carbocycles. The van der Waals surface area contributed by atoms with E-state index in [0.29, 0.717) is 12.6 Å². The van der Waals surface area contributed by atoms with Crippen molar-refractivity contribution in [3.63, 3.8) is 0 Å². The molecular weight excluding hydrogens is 430 g/mol. The summed E-state index contributed by atoms with van der Waals surface area (Å²) in [4.78, 5) is 32.4. The Kier molecular flexibility index (Phi) is 6.60. The van der Waals surface area contributed by atoms with Gasteiger partial charge in [-0.05, 0) is 57.6 Å². The highest BCUT2D eigenvalue weighted by Crippen LogP contribution is 2.40. The highest BCUT2D eigenvalue weighted by atomic mass is 16.6. The Morgan fingerprint density at radius 1 is 1.06 bits per heavy atom. The van der Waals surface area contributed by atoms with Crippen molar-refractivity contribution in [2.75, 3.05) is 39.3 Å². The molecule has 0 N–H and O–H groups in total. The summed E-state index contributed by atoms with van der Waals surface area (Å²) in [6.07, 6.45) is 5.86. The van der Waals surface area contributed by atoms with Crippen LogP contribution in [0.3, 0.4) is 0 Å². The third-order valence-corrected chi connectivity index (χ3v) is 8.79. The Hall–Kier alpha value is -2.12. The molecule has 4 saturated heterocycles. The van der Waals surface area contributed by atoms with Gasteiger partial charge in [-0.25, -0.2) is 4.79 Å². The smallest absolute Gasteiger partial charge is 0.410 e. The van der Waals surface area contributed by atoms with Crippen molar-refractivity contribution in [3.05, 3.63) is 34.9 Å². The average Bonchev–Trinajstić information content (AvgIpc) is 3.42. The number of likely N-dealkylation sites (tertiary alicyclic amines) is 2. The van der Waals surface area contributed by atoms with Gasteiger partial charge in [-0.1, -0.05) is 18.2 Å². The van der Waals surface area contributed by atoms with E-state index in [4.69, 9.17) is 9.47 Å². The molecule has 2 amide bonds. The second-order valence-electron chi connectivity index (χ2n) is 10.7. The first kappa shape index (κ1) is 23.6. The quantitative estimate of drug-likeness (QED) is 0.672. The van der Waals surface area contributed by atoms with E-state index in [1.165, 1.54) is 0 Å². The summed E-state index contributed by atoms with van der Waals surface area (Å²) < 4.78 is 11.8. The van der Waals surface area contributed by atoms with Gasteiger partial charge in [0.05, 0.1) is 18.7 Å². The zero-order chi connectivity index (χ0) is 23.9. The Morgan fingerprint density at radius 3 is 2.35 bits per heavy atom. The van der Waals surface area contributed by atoms with Gasteiger partial charge >= 0.3 is 6.09 Å². The molecule has 0 radical (unpaired) electrons. The minimum absolute atomic E-state index is 0.0863. The second-order valence-corrected chi connectivity index (χ2v) is 10.7. The maximum absolute atomic E-state index is 13.2. The number of amides is 2. The number of hydrogen-bond donors (Lipinski definition) is 0. The first-order valence-corrected chi connectivity index (χ1v) is 13.1. The summed E-state index contributed by atoms with van der Waals surface area (Å²) in [6, 6.07) is 6.64. The van der Waals surface area contributed by atoms with Crippen LogP contribution in [0.15, 0.2) is 18.2 Å². The molecule has 0 aromatic heterocycles. The Labute approximate surface area is 203 Å². The highest BCUT2D eigenvalue weighted by molar-refractivity contribution is 5.97. The first-order chi connectivity index (χ1) is 16.4. The summed E-state index contributed by atoms with van der Waals surface area (Å²) >= 11 is 0. The number of ether oxygens (including phenoxy) is 2. The van der Waals surface area contributed by atoms with Gasteiger partial charge in [0.15, 0.2) is 0 Å². The summed E-state index contributed by atoms with van der Waals surface area (Å²) in [6.45, 7) is 11.1. The predicted octanol–water partition coefficient (Wildman–Crippen LogP) is 3.76. The fourth-order valence-corrected chi connectivity index (χ4v) is 6.53. The van der Waals surface area contributed by atoms with Crippen molar-refractivity contribution in [1.82, 2.24) is 14.7 Å². The van der Waals surface area contributed by atoms with Crippen LogP contribution in [-0.4, -0.2) is 89.8 Å². The summed E-state index contributed by atoms with van der Waals surface area (Å²) in [5, 5.41) is 0. The number of rotatable bonds is 4. The molecule has 4 heterocycles. The fraction of sp³-hybridized carbons (Fsp3) is 0.704. The van der Waals surface area contributed by atoms with Gasteiger partial charge in [-0.2, -0.15) is 0 Å². The molecule has 0 bridgehead atoms. The predicted molar refractivity (Wildman–Crippen MR) is 130 cm³/mol. The van der Waals surface area contributed by atoms with Crippen molar-refractivity contribution >= 4 is 12.0 Å². The van der Waals surface area contributed by atoms with E-state index >= 15 is 0 Å². The number of benzene rings is 1. The van der Waals surface area contributed by atoms with Crippen LogP contribution in [0.4, 0.5) is 4.79 Å². The van der Waals surface area contributed by atoms with E-state index in [0.717, 1.165) is 88.0 Å². The van der Waals surface area contributed by atoms with Gasteiger partial charge in [0.2, 0.25) is 0 Å². The van der Waals surface area contributed by atoms with Gasteiger partial charge < -0.3 is 14.4 Å². The van der Waals surface area contributed by atoms with E-state index in [-0.39, 0.29) is 29.7 Å². The maximum Gasteiger partial charge on any atom is 0.410 e. The molecule has 4 aliphatic heterocycles.